The second-order valence-electron chi connectivity index (χ2n) is 4.13. The molecule has 1 unspecified atom stereocenters. The molecule has 0 fully saturated rings. The van der Waals surface area contributed by atoms with Crippen molar-refractivity contribution in [2.24, 2.45) is 0 Å². The molecule has 0 saturated carbocycles. The molecule has 0 N–H and O–H groups in total. The van der Waals surface area contributed by atoms with Crippen LogP contribution in [0.15, 0.2) is 47.7 Å². The predicted molar refractivity (Wildman–Crippen MR) is 61.8 cm³/mol. The Kier molecular flexibility index (Phi) is 2.01. The largest absolute Gasteiger partial charge is 0.482 e. The molecule has 1 atom stereocenters. The van der Waals surface area contributed by atoms with E-state index in [2.05, 4.69) is 0 Å². The van der Waals surface area contributed by atoms with Gasteiger partial charge in [-0.05, 0) is 19.1 Å². The fraction of sp³-hybridized carbons (Fsp3) is 0.143. The lowest BCUT2D eigenvalue weighted by molar-refractivity contribution is 0.0822. The molecular weight excluding hydrogens is 216 g/mol. The van der Waals surface area contributed by atoms with Crippen LogP contribution in [0, 0.1) is 0 Å². The molecule has 0 aromatic heterocycles. The molecule has 0 amide bonds. The summed E-state index contributed by atoms with van der Waals surface area (Å²) < 4.78 is 5.45. The van der Waals surface area contributed by atoms with Crippen LogP contribution in [0.2, 0.25) is 0 Å². The van der Waals surface area contributed by atoms with E-state index < -0.39 is 0 Å². The van der Waals surface area contributed by atoms with Gasteiger partial charge in [0.15, 0.2) is 11.5 Å². The number of Topliss-reactive ketones (excluding diaryl/α,β-unsaturated/α-hetero) is 2. The topological polar surface area (TPSA) is 43.4 Å². The molecule has 0 saturated heterocycles. The summed E-state index contributed by atoms with van der Waals surface area (Å²) in [6.45, 7) is 1.83. The van der Waals surface area contributed by atoms with Crippen LogP contribution in [-0.2, 0) is 4.74 Å². The Morgan fingerprint density at radius 2 is 1.71 bits per heavy atom. The van der Waals surface area contributed by atoms with E-state index in [0.29, 0.717) is 16.7 Å². The van der Waals surface area contributed by atoms with Gasteiger partial charge in [-0.3, -0.25) is 9.59 Å². The Morgan fingerprint density at radius 3 is 2.41 bits per heavy atom. The van der Waals surface area contributed by atoms with Gasteiger partial charge in [0.05, 0.1) is 5.57 Å². The molecule has 17 heavy (non-hydrogen) atoms. The Labute approximate surface area is 98.4 Å². The van der Waals surface area contributed by atoms with Crippen molar-refractivity contribution in [2.75, 3.05) is 0 Å². The summed E-state index contributed by atoms with van der Waals surface area (Å²) in [6, 6.07) is 6.83. The first-order valence-electron chi connectivity index (χ1n) is 5.46. The highest BCUT2D eigenvalue weighted by molar-refractivity contribution is 6.27. The van der Waals surface area contributed by atoms with E-state index in [4.69, 9.17) is 4.74 Å². The molecule has 1 aliphatic carbocycles. The van der Waals surface area contributed by atoms with Gasteiger partial charge in [-0.2, -0.15) is 0 Å². The van der Waals surface area contributed by atoms with Crippen molar-refractivity contribution < 1.29 is 14.3 Å². The van der Waals surface area contributed by atoms with Gasteiger partial charge in [-0.25, -0.2) is 0 Å². The lowest BCUT2D eigenvalue weighted by atomic mass is 9.87. The van der Waals surface area contributed by atoms with E-state index in [1.807, 2.05) is 6.92 Å². The van der Waals surface area contributed by atoms with Crippen LogP contribution < -0.4 is 0 Å². The zero-order valence-electron chi connectivity index (χ0n) is 9.27. The van der Waals surface area contributed by atoms with Gasteiger partial charge < -0.3 is 4.74 Å². The summed E-state index contributed by atoms with van der Waals surface area (Å²) in [5.41, 5.74) is 1.25. The number of allylic oxidation sites excluding steroid dienone is 3. The molecular formula is C14H10O3. The molecule has 84 valence electrons. The Balaban J connectivity index is 2.21. The predicted octanol–water partition coefficient (Wildman–Crippen LogP) is 2.29. The van der Waals surface area contributed by atoms with Crippen LogP contribution in [0.1, 0.15) is 27.6 Å². The maximum absolute atomic E-state index is 12.2. The number of carbonyl (C=O) groups excluding carboxylic acids is 2. The first kappa shape index (κ1) is 10.0. The average Bonchev–Trinajstić information content (AvgIpc) is 2.36. The molecule has 2 aliphatic rings. The van der Waals surface area contributed by atoms with E-state index >= 15 is 0 Å². The SMILES string of the molecule is CC1C=CC2=C(O1)C(=O)c1ccccc1C2=O. The maximum atomic E-state index is 12.2. The fourth-order valence-electron chi connectivity index (χ4n) is 2.10. The van der Waals surface area contributed by atoms with E-state index in [1.165, 1.54) is 0 Å². The molecule has 0 bridgehead atoms. The van der Waals surface area contributed by atoms with Crippen LogP contribution in [0.5, 0.6) is 0 Å². The zero-order chi connectivity index (χ0) is 12.0. The molecule has 0 spiro atoms. The van der Waals surface area contributed by atoms with Crippen molar-refractivity contribution in [1.82, 2.24) is 0 Å². The third kappa shape index (κ3) is 1.35. The monoisotopic (exact) mass is 226 g/mol. The van der Waals surface area contributed by atoms with E-state index in [0.717, 1.165) is 0 Å². The van der Waals surface area contributed by atoms with Crippen molar-refractivity contribution in [2.45, 2.75) is 13.0 Å². The average molecular weight is 226 g/mol. The standard InChI is InChI=1S/C14H10O3/c1-8-6-7-11-12(15)9-4-2-3-5-10(9)13(16)14(11)17-8/h2-8H,1H3. The molecule has 1 heterocycles. The molecule has 3 nitrogen and oxygen atoms in total. The number of carbonyl (C=O) groups is 2. The van der Waals surface area contributed by atoms with E-state index in [9.17, 15) is 9.59 Å². The van der Waals surface area contributed by atoms with E-state index in [1.54, 1.807) is 36.4 Å². The molecule has 1 aliphatic heterocycles. The van der Waals surface area contributed by atoms with Crippen molar-refractivity contribution in [3.05, 3.63) is 58.9 Å². The van der Waals surface area contributed by atoms with Gasteiger partial charge in [-0.1, -0.05) is 24.3 Å². The van der Waals surface area contributed by atoms with Crippen molar-refractivity contribution in [3.63, 3.8) is 0 Å². The Morgan fingerprint density at radius 1 is 1.06 bits per heavy atom. The molecule has 1 aromatic carbocycles. The lowest BCUT2D eigenvalue weighted by Gasteiger charge is -2.24. The third-order valence-electron chi connectivity index (χ3n) is 2.95. The zero-order valence-corrected chi connectivity index (χ0v) is 9.27. The summed E-state index contributed by atoms with van der Waals surface area (Å²) in [4.78, 5) is 24.3. The first-order valence-corrected chi connectivity index (χ1v) is 5.46. The summed E-state index contributed by atoms with van der Waals surface area (Å²) in [6.07, 6.45) is 3.29. The number of rotatable bonds is 0. The van der Waals surface area contributed by atoms with Crippen molar-refractivity contribution >= 4 is 11.6 Å². The van der Waals surface area contributed by atoms with Crippen molar-refractivity contribution in [1.29, 1.82) is 0 Å². The Bertz CT molecular complexity index is 593. The first-order chi connectivity index (χ1) is 8.18. The normalized spacial score (nSPS) is 22.1. The Hall–Kier alpha value is -2.16. The second-order valence-corrected chi connectivity index (χ2v) is 4.13. The van der Waals surface area contributed by atoms with E-state index in [-0.39, 0.29) is 23.4 Å². The molecule has 3 rings (SSSR count). The van der Waals surface area contributed by atoms with Gasteiger partial charge in [0.25, 0.3) is 0 Å². The summed E-state index contributed by atoms with van der Waals surface area (Å²) in [5, 5.41) is 0. The highest BCUT2D eigenvalue weighted by atomic mass is 16.5. The summed E-state index contributed by atoms with van der Waals surface area (Å²) in [5.74, 6) is -0.159. The van der Waals surface area contributed by atoms with Gasteiger partial charge in [0, 0.05) is 11.1 Å². The van der Waals surface area contributed by atoms with Gasteiger partial charge in [-0.15, -0.1) is 0 Å². The highest BCUT2D eigenvalue weighted by Gasteiger charge is 2.34. The number of hydrogen-bond donors (Lipinski definition) is 0. The summed E-state index contributed by atoms with van der Waals surface area (Å²) >= 11 is 0. The van der Waals surface area contributed by atoms with Crippen LogP contribution in [0.4, 0.5) is 0 Å². The smallest absolute Gasteiger partial charge is 0.229 e. The third-order valence-corrected chi connectivity index (χ3v) is 2.95. The van der Waals surface area contributed by atoms with Gasteiger partial charge >= 0.3 is 0 Å². The number of benzene rings is 1. The van der Waals surface area contributed by atoms with Crippen molar-refractivity contribution in [3.8, 4) is 0 Å². The molecule has 0 radical (unpaired) electrons. The minimum absolute atomic E-state index is 0.140. The van der Waals surface area contributed by atoms with Gasteiger partial charge in [0.2, 0.25) is 5.78 Å². The number of hydrogen-bond acceptors (Lipinski definition) is 3. The molecule has 3 heteroatoms. The maximum Gasteiger partial charge on any atom is 0.229 e. The quantitative estimate of drug-likeness (QED) is 0.681. The number of ketones is 2. The second kappa shape index (κ2) is 3.42. The van der Waals surface area contributed by atoms with Crippen LogP contribution in [0.3, 0.4) is 0 Å². The highest BCUT2D eigenvalue weighted by Crippen LogP contribution is 2.30. The fourth-order valence-corrected chi connectivity index (χ4v) is 2.10. The van der Waals surface area contributed by atoms with Crippen LogP contribution in [0.25, 0.3) is 0 Å². The van der Waals surface area contributed by atoms with Crippen LogP contribution in [-0.4, -0.2) is 17.7 Å². The molecule has 1 aromatic rings. The number of ether oxygens (including phenoxy) is 1. The minimum atomic E-state index is -0.202. The minimum Gasteiger partial charge on any atom is -0.482 e. The van der Waals surface area contributed by atoms with Crippen LogP contribution >= 0.6 is 0 Å². The summed E-state index contributed by atoms with van der Waals surface area (Å²) in [7, 11) is 0. The van der Waals surface area contributed by atoms with Gasteiger partial charge in [0.1, 0.15) is 6.10 Å². The lowest BCUT2D eigenvalue weighted by Crippen LogP contribution is -2.26. The number of fused-ring (bicyclic) bond motifs is 1.